The summed E-state index contributed by atoms with van der Waals surface area (Å²) in [6, 6.07) is 1.82. The molecule has 0 amide bonds. The van der Waals surface area contributed by atoms with Crippen LogP contribution in [0.15, 0.2) is 24.7 Å². The molecule has 2 fully saturated rings. The zero-order chi connectivity index (χ0) is 16.6. The van der Waals surface area contributed by atoms with Gasteiger partial charge >= 0.3 is 0 Å². The fourth-order valence-corrected chi connectivity index (χ4v) is 2.37. The Morgan fingerprint density at radius 3 is 2.58 bits per heavy atom. The van der Waals surface area contributed by atoms with E-state index in [9.17, 15) is 4.39 Å². The van der Waals surface area contributed by atoms with Gasteiger partial charge in [-0.25, -0.2) is 4.39 Å². The maximum Gasteiger partial charge on any atom is 0.234 e. The van der Waals surface area contributed by atoms with Crippen molar-refractivity contribution in [3.63, 3.8) is 0 Å². The maximum atomic E-state index is 11.5. The summed E-state index contributed by atoms with van der Waals surface area (Å²) >= 11 is 0. The maximum absolute atomic E-state index is 11.5. The fraction of sp³-hybridized carbons (Fsp3) is 0.562. The van der Waals surface area contributed by atoms with Gasteiger partial charge in [0.25, 0.3) is 0 Å². The first-order chi connectivity index (χ1) is 11.8. The number of aromatic nitrogens is 4. The first kappa shape index (κ1) is 16.6. The molecule has 130 valence electrons. The van der Waals surface area contributed by atoms with E-state index in [2.05, 4.69) is 30.8 Å². The molecular formula is C16H23FN6O. The highest BCUT2D eigenvalue weighted by Crippen LogP contribution is 2.20. The van der Waals surface area contributed by atoms with E-state index < -0.39 is 6.17 Å². The van der Waals surface area contributed by atoms with Crippen LogP contribution in [-0.2, 0) is 0 Å². The molecule has 3 N–H and O–H groups in total. The third-order valence-corrected chi connectivity index (χ3v) is 3.98. The molecule has 0 radical (unpaired) electrons. The van der Waals surface area contributed by atoms with Crippen LogP contribution in [0.4, 0.5) is 16.0 Å². The van der Waals surface area contributed by atoms with Crippen molar-refractivity contribution in [3.05, 3.63) is 24.7 Å². The van der Waals surface area contributed by atoms with Crippen LogP contribution in [0, 0.1) is 0 Å². The second kappa shape index (κ2) is 8.58. The van der Waals surface area contributed by atoms with E-state index in [1.54, 1.807) is 18.6 Å². The van der Waals surface area contributed by atoms with E-state index in [1.807, 2.05) is 6.07 Å². The molecule has 1 aliphatic heterocycles. The smallest absolute Gasteiger partial charge is 0.234 e. The van der Waals surface area contributed by atoms with Gasteiger partial charge in [-0.3, -0.25) is 10.1 Å². The summed E-state index contributed by atoms with van der Waals surface area (Å²) in [4.78, 5) is 8.51. The van der Waals surface area contributed by atoms with Gasteiger partial charge in [-0.1, -0.05) is 0 Å². The lowest BCUT2D eigenvalue weighted by atomic mass is 9.98. The van der Waals surface area contributed by atoms with Crippen molar-refractivity contribution >= 4 is 11.6 Å². The number of hydrogen-bond donors (Lipinski definition) is 3. The van der Waals surface area contributed by atoms with E-state index in [-0.39, 0.29) is 6.10 Å². The molecule has 0 atom stereocenters. The summed E-state index contributed by atoms with van der Waals surface area (Å²) in [6.45, 7) is 1.98. The molecule has 0 bridgehead atoms. The molecule has 0 aromatic carbocycles. The van der Waals surface area contributed by atoms with Crippen LogP contribution in [0.3, 0.4) is 0 Å². The number of alkyl halides is 1. The zero-order valence-electron chi connectivity index (χ0n) is 13.5. The summed E-state index contributed by atoms with van der Waals surface area (Å²) in [7, 11) is 0. The summed E-state index contributed by atoms with van der Waals surface area (Å²) in [5.41, 5.74) is 0. The highest BCUT2D eigenvalue weighted by Gasteiger charge is 2.15. The number of H-pyrrole nitrogens is 1. The Balaban J connectivity index is 0.000000290. The molecule has 0 unspecified atom stereocenters. The molecule has 2 aromatic heterocycles. The van der Waals surface area contributed by atoms with Crippen LogP contribution in [0.5, 0.6) is 5.88 Å². The molecule has 4 rings (SSSR count). The van der Waals surface area contributed by atoms with Gasteiger partial charge < -0.3 is 15.4 Å². The van der Waals surface area contributed by atoms with Crippen molar-refractivity contribution in [1.29, 1.82) is 0 Å². The average Bonchev–Trinajstić information content (AvgIpc) is 3.08. The second-order valence-electron chi connectivity index (χ2n) is 5.93. The van der Waals surface area contributed by atoms with Gasteiger partial charge in [0.05, 0.1) is 18.6 Å². The standard InChI is InChI=1S/C12H16N6O.C4H7F/c1-4-13-5-2-9(1)19-12-8-14-7-11(17-12)16-10-3-6-15-18-10;5-4-2-1-3-4/h3,6-9,13H,1-2,4-5H2,(H2,15,16,17,18);4H,1-3H2. The summed E-state index contributed by atoms with van der Waals surface area (Å²) < 4.78 is 17.4. The van der Waals surface area contributed by atoms with Gasteiger partial charge in [0.15, 0.2) is 5.82 Å². The van der Waals surface area contributed by atoms with Crippen LogP contribution >= 0.6 is 0 Å². The zero-order valence-corrected chi connectivity index (χ0v) is 13.5. The van der Waals surface area contributed by atoms with Crippen LogP contribution in [0.2, 0.25) is 0 Å². The largest absolute Gasteiger partial charge is 0.473 e. The van der Waals surface area contributed by atoms with Crippen molar-refractivity contribution < 1.29 is 9.13 Å². The van der Waals surface area contributed by atoms with Crippen LogP contribution in [-0.4, -0.2) is 45.5 Å². The Labute approximate surface area is 140 Å². The Bertz CT molecular complexity index is 598. The normalized spacial score (nSPS) is 18.2. The third kappa shape index (κ3) is 5.16. The number of piperidine rings is 1. The molecule has 0 spiro atoms. The van der Waals surface area contributed by atoms with Crippen molar-refractivity contribution in [3.8, 4) is 5.88 Å². The third-order valence-electron chi connectivity index (χ3n) is 3.98. The van der Waals surface area contributed by atoms with Crippen LogP contribution in [0.25, 0.3) is 0 Å². The van der Waals surface area contributed by atoms with Crippen molar-refractivity contribution in [2.24, 2.45) is 0 Å². The summed E-state index contributed by atoms with van der Waals surface area (Å²) in [6.07, 6.45) is 9.50. The molecular weight excluding hydrogens is 311 g/mol. The Morgan fingerprint density at radius 2 is 1.96 bits per heavy atom. The highest BCUT2D eigenvalue weighted by atomic mass is 19.1. The predicted molar refractivity (Wildman–Crippen MR) is 89.2 cm³/mol. The van der Waals surface area contributed by atoms with E-state index >= 15 is 0 Å². The number of aromatic amines is 1. The van der Waals surface area contributed by atoms with Crippen molar-refractivity contribution in [2.75, 3.05) is 18.4 Å². The lowest BCUT2D eigenvalue weighted by Gasteiger charge is -2.23. The Kier molecular flexibility index (Phi) is 5.95. The van der Waals surface area contributed by atoms with Crippen LogP contribution in [0.1, 0.15) is 32.1 Å². The average molecular weight is 334 g/mol. The quantitative estimate of drug-likeness (QED) is 0.796. The molecule has 7 nitrogen and oxygen atoms in total. The van der Waals surface area contributed by atoms with E-state index in [4.69, 9.17) is 4.74 Å². The van der Waals surface area contributed by atoms with E-state index in [0.717, 1.165) is 51.0 Å². The first-order valence-electron chi connectivity index (χ1n) is 8.39. The fourth-order valence-electron chi connectivity index (χ4n) is 2.37. The number of rotatable bonds is 4. The molecule has 1 saturated heterocycles. The number of ether oxygens (including phenoxy) is 1. The minimum Gasteiger partial charge on any atom is -0.473 e. The topological polar surface area (TPSA) is 87.8 Å². The first-order valence-corrected chi connectivity index (χ1v) is 8.39. The van der Waals surface area contributed by atoms with Crippen molar-refractivity contribution in [1.82, 2.24) is 25.5 Å². The monoisotopic (exact) mass is 334 g/mol. The second-order valence-corrected chi connectivity index (χ2v) is 5.93. The minimum absolute atomic E-state index is 0.220. The predicted octanol–water partition coefficient (Wildman–Crippen LogP) is 2.58. The summed E-state index contributed by atoms with van der Waals surface area (Å²) in [5, 5.41) is 13.0. The number of hydrogen-bond acceptors (Lipinski definition) is 6. The number of anilines is 2. The lowest BCUT2D eigenvalue weighted by molar-refractivity contribution is 0.155. The van der Waals surface area contributed by atoms with Crippen molar-refractivity contribution in [2.45, 2.75) is 44.4 Å². The van der Waals surface area contributed by atoms with Gasteiger partial charge in [-0.2, -0.15) is 10.1 Å². The highest BCUT2D eigenvalue weighted by molar-refractivity contribution is 5.49. The number of nitrogens with one attached hydrogen (secondary N) is 3. The SMILES string of the molecule is FC1CCC1.c1cc(Nc2cncc(OC3CCNCC3)n2)[nH]n1. The minimum atomic E-state index is -0.435. The van der Waals surface area contributed by atoms with E-state index in [1.165, 1.54) is 0 Å². The van der Waals surface area contributed by atoms with Crippen LogP contribution < -0.4 is 15.4 Å². The molecule has 3 heterocycles. The molecule has 1 saturated carbocycles. The Morgan fingerprint density at radius 1 is 1.17 bits per heavy atom. The Hall–Kier alpha value is -2.22. The van der Waals surface area contributed by atoms with Gasteiger partial charge in [-0.15, -0.1) is 0 Å². The summed E-state index contributed by atoms with van der Waals surface area (Å²) in [5.74, 6) is 1.96. The number of nitrogens with zero attached hydrogens (tertiary/aromatic N) is 3. The molecule has 2 aromatic rings. The van der Waals surface area contributed by atoms with Gasteiger partial charge in [0.2, 0.25) is 5.88 Å². The number of halogens is 1. The van der Waals surface area contributed by atoms with Gasteiger partial charge in [0, 0.05) is 6.07 Å². The van der Waals surface area contributed by atoms with E-state index in [0.29, 0.717) is 11.7 Å². The molecule has 1 aliphatic carbocycles. The van der Waals surface area contributed by atoms with Gasteiger partial charge in [0.1, 0.15) is 18.1 Å². The molecule has 8 heteroatoms. The van der Waals surface area contributed by atoms with Gasteiger partial charge in [-0.05, 0) is 45.2 Å². The lowest BCUT2D eigenvalue weighted by Crippen LogP contribution is -2.34. The molecule has 2 aliphatic rings. The molecule has 24 heavy (non-hydrogen) atoms.